The van der Waals surface area contributed by atoms with Gasteiger partial charge in [0, 0.05) is 12.0 Å². The van der Waals surface area contributed by atoms with Crippen LogP contribution in [-0.4, -0.2) is 27.9 Å². The van der Waals surface area contributed by atoms with Crippen molar-refractivity contribution in [3.63, 3.8) is 0 Å². The average molecular weight is 298 g/mol. The van der Waals surface area contributed by atoms with E-state index in [1.165, 1.54) is 6.92 Å². The third kappa shape index (κ3) is 5.33. The molecular formula is C16H26O5. The summed E-state index contributed by atoms with van der Waals surface area (Å²) in [6, 6.07) is 0. The Balaban J connectivity index is 5.54. The molecule has 0 aliphatic rings. The first kappa shape index (κ1) is 19.4. The van der Waals surface area contributed by atoms with Crippen LogP contribution in [0.1, 0.15) is 59.3 Å². The van der Waals surface area contributed by atoms with Gasteiger partial charge >= 0.3 is 11.9 Å². The Kier molecular flexibility index (Phi) is 7.92. The third-order valence-corrected chi connectivity index (χ3v) is 3.98. The number of ketones is 1. The highest BCUT2D eigenvalue weighted by molar-refractivity contribution is 5.98. The van der Waals surface area contributed by atoms with E-state index >= 15 is 0 Å². The fraction of sp³-hybridized carbons (Fsp3) is 0.688. The van der Waals surface area contributed by atoms with E-state index in [1.54, 1.807) is 0 Å². The number of rotatable bonds is 11. The first-order valence-electron chi connectivity index (χ1n) is 7.36. The number of unbranched alkanes of at least 4 members (excludes halogenated alkanes) is 1. The molecule has 2 atom stereocenters. The molecule has 5 heteroatoms. The van der Waals surface area contributed by atoms with Crippen LogP contribution in [0.15, 0.2) is 12.2 Å². The monoisotopic (exact) mass is 298 g/mol. The molecule has 0 bridgehead atoms. The largest absolute Gasteiger partial charge is 0.481 e. The van der Waals surface area contributed by atoms with Crippen molar-refractivity contribution in [2.45, 2.75) is 59.3 Å². The van der Waals surface area contributed by atoms with Gasteiger partial charge in [-0.1, -0.05) is 46.1 Å². The van der Waals surface area contributed by atoms with Gasteiger partial charge < -0.3 is 10.2 Å². The molecule has 2 unspecified atom stereocenters. The summed E-state index contributed by atoms with van der Waals surface area (Å²) in [5, 5.41) is 18.8. The molecule has 120 valence electrons. The summed E-state index contributed by atoms with van der Waals surface area (Å²) in [7, 11) is 0. The summed E-state index contributed by atoms with van der Waals surface area (Å²) in [6.45, 7) is 8.71. The molecule has 0 aromatic rings. The van der Waals surface area contributed by atoms with Gasteiger partial charge in [0.15, 0.2) is 0 Å². The number of carboxylic acids is 2. The highest BCUT2D eigenvalue weighted by Crippen LogP contribution is 2.40. The summed E-state index contributed by atoms with van der Waals surface area (Å²) in [5.74, 6) is -2.91. The number of hydrogen-bond donors (Lipinski definition) is 2. The molecular weight excluding hydrogens is 272 g/mol. The molecule has 21 heavy (non-hydrogen) atoms. The highest BCUT2D eigenvalue weighted by atomic mass is 16.4. The number of carboxylic acid groups (broad SMARTS) is 2. The molecule has 2 N–H and O–H groups in total. The van der Waals surface area contributed by atoms with Crippen molar-refractivity contribution in [3.05, 3.63) is 12.2 Å². The first-order chi connectivity index (χ1) is 9.71. The lowest BCUT2D eigenvalue weighted by Gasteiger charge is -2.32. The Hall–Kier alpha value is -1.65. The molecule has 0 aliphatic heterocycles. The maximum atomic E-state index is 11.8. The standard InChI is InChI=1S/C16H26O5/c1-5-7-8-13(6-2)10-16(15(20)21,9-11(3)17)12(4)14(18)19/h13H,4-10H2,1-3H3,(H,18,19)(H,20,21). The smallest absolute Gasteiger partial charge is 0.332 e. The second-order valence-electron chi connectivity index (χ2n) is 5.67. The zero-order valence-corrected chi connectivity index (χ0v) is 13.1. The van der Waals surface area contributed by atoms with E-state index < -0.39 is 22.9 Å². The number of aliphatic carboxylic acids is 2. The van der Waals surface area contributed by atoms with Gasteiger partial charge in [0.1, 0.15) is 11.2 Å². The topological polar surface area (TPSA) is 91.7 Å². The van der Waals surface area contributed by atoms with Crippen molar-refractivity contribution >= 4 is 17.7 Å². The second kappa shape index (κ2) is 8.60. The third-order valence-electron chi connectivity index (χ3n) is 3.98. The lowest BCUT2D eigenvalue weighted by atomic mass is 9.69. The van der Waals surface area contributed by atoms with Crippen LogP contribution in [0.2, 0.25) is 0 Å². The van der Waals surface area contributed by atoms with Gasteiger partial charge in [0.25, 0.3) is 0 Å². The molecule has 0 saturated carbocycles. The first-order valence-corrected chi connectivity index (χ1v) is 7.36. The predicted molar refractivity (Wildman–Crippen MR) is 80.1 cm³/mol. The van der Waals surface area contributed by atoms with Crippen LogP contribution in [0.3, 0.4) is 0 Å². The lowest BCUT2D eigenvalue weighted by molar-refractivity contribution is -0.153. The van der Waals surface area contributed by atoms with Crippen LogP contribution >= 0.6 is 0 Å². The van der Waals surface area contributed by atoms with E-state index in [1.807, 2.05) is 13.8 Å². The molecule has 0 aromatic carbocycles. The molecule has 5 nitrogen and oxygen atoms in total. The van der Waals surface area contributed by atoms with Crippen molar-refractivity contribution < 1.29 is 24.6 Å². The Morgan fingerprint density at radius 1 is 1.19 bits per heavy atom. The van der Waals surface area contributed by atoms with Gasteiger partial charge in [-0.15, -0.1) is 0 Å². The maximum absolute atomic E-state index is 11.8. The Morgan fingerprint density at radius 2 is 1.76 bits per heavy atom. The summed E-state index contributed by atoms with van der Waals surface area (Å²) < 4.78 is 0. The van der Waals surface area contributed by atoms with Gasteiger partial charge in [0.2, 0.25) is 0 Å². The molecule has 0 heterocycles. The molecule has 0 rings (SSSR count). The minimum atomic E-state index is -1.70. The fourth-order valence-corrected chi connectivity index (χ4v) is 2.66. The Morgan fingerprint density at radius 3 is 2.10 bits per heavy atom. The summed E-state index contributed by atoms with van der Waals surface area (Å²) in [4.78, 5) is 34.5. The zero-order chi connectivity index (χ0) is 16.6. The van der Waals surface area contributed by atoms with Crippen molar-refractivity contribution in [1.29, 1.82) is 0 Å². The van der Waals surface area contributed by atoms with E-state index in [0.29, 0.717) is 0 Å². The van der Waals surface area contributed by atoms with Crippen molar-refractivity contribution in [2.75, 3.05) is 0 Å². The number of hydrogen-bond acceptors (Lipinski definition) is 3. The fourth-order valence-electron chi connectivity index (χ4n) is 2.66. The van der Waals surface area contributed by atoms with Crippen molar-refractivity contribution in [1.82, 2.24) is 0 Å². The summed E-state index contributed by atoms with van der Waals surface area (Å²) >= 11 is 0. The van der Waals surface area contributed by atoms with Crippen LogP contribution < -0.4 is 0 Å². The number of carbonyl (C=O) groups is 3. The Labute approximate surface area is 126 Å². The Bertz CT molecular complexity index is 413. The minimum Gasteiger partial charge on any atom is -0.481 e. The van der Waals surface area contributed by atoms with Crippen LogP contribution in [0.25, 0.3) is 0 Å². The molecule has 0 aliphatic carbocycles. The predicted octanol–water partition coefficient (Wildman–Crippen LogP) is 3.28. The van der Waals surface area contributed by atoms with Crippen LogP contribution in [0, 0.1) is 11.3 Å². The van der Waals surface area contributed by atoms with E-state index in [-0.39, 0.29) is 24.5 Å². The van der Waals surface area contributed by atoms with Gasteiger partial charge in [-0.2, -0.15) is 0 Å². The molecule has 0 radical (unpaired) electrons. The van der Waals surface area contributed by atoms with Gasteiger partial charge in [-0.25, -0.2) is 4.79 Å². The average Bonchev–Trinajstić information content (AvgIpc) is 2.40. The molecule has 0 saturated heterocycles. The molecule has 0 fully saturated rings. The summed E-state index contributed by atoms with van der Waals surface area (Å²) in [5.41, 5.74) is -2.10. The summed E-state index contributed by atoms with van der Waals surface area (Å²) in [6.07, 6.45) is 3.34. The molecule has 0 aromatic heterocycles. The molecule has 0 amide bonds. The highest BCUT2D eigenvalue weighted by Gasteiger charge is 2.46. The van der Waals surface area contributed by atoms with Crippen LogP contribution in [-0.2, 0) is 14.4 Å². The van der Waals surface area contributed by atoms with E-state index in [4.69, 9.17) is 5.11 Å². The lowest BCUT2D eigenvalue weighted by Crippen LogP contribution is -2.39. The van der Waals surface area contributed by atoms with E-state index in [0.717, 1.165) is 25.7 Å². The molecule has 0 spiro atoms. The number of Topliss-reactive ketones (excluding diaryl/α,β-unsaturated/α-hetero) is 1. The van der Waals surface area contributed by atoms with E-state index in [2.05, 4.69) is 6.58 Å². The SMILES string of the molecule is C=C(C(=O)O)C(CC(C)=O)(CC(CC)CCCC)C(=O)O. The minimum absolute atomic E-state index is 0.0662. The second-order valence-corrected chi connectivity index (χ2v) is 5.67. The van der Waals surface area contributed by atoms with Gasteiger partial charge in [-0.05, 0) is 19.3 Å². The van der Waals surface area contributed by atoms with Crippen molar-refractivity contribution in [2.24, 2.45) is 11.3 Å². The zero-order valence-electron chi connectivity index (χ0n) is 13.1. The van der Waals surface area contributed by atoms with Crippen LogP contribution in [0.5, 0.6) is 0 Å². The quantitative estimate of drug-likeness (QED) is 0.571. The van der Waals surface area contributed by atoms with Crippen LogP contribution in [0.4, 0.5) is 0 Å². The maximum Gasteiger partial charge on any atom is 0.332 e. The van der Waals surface area contributed by atoms with Crippen molar-refractivity contribution in [3.8, 4) is 0 Å². The number of carbonyl (C=O) groups excluding carboxylic acids is 1. The van der Waals surface area contributed by atoms with Gasteiger partial charge in [0.05, 0.1) is 0 Å². The normalized spacial score (nSPS) is 15.0. The van der Waals surface area contributed by atoms with E-state index in [9.17, 15) is 19.5 Å². The van der Waals surface area contributed by atoms with Gasteiger partial charge in [-0.3, -0.25) is 9.59 Å².